The molecular formula is C13H10N3O. The third-order valence-electron chi connectivity index (χ3n) is 2.10. The summed E-state index contributed by atoms with van der Waals surface area (Å²) in [5.74, 6) is 0. The van der Waals surface area contributed by atoms with Crippen molar-refractivity contribution in [1.29, 1.82) is 0 Å². The predicted molar refractivity (Wildman–Crippen MR) is 66.4 cm³/mol. The summed E-state index contributed by atoms with van der Waals surface area (Å²) < 4.78 is 0. The van der Waals surface area contributed by atoms with Gasteiger partial charge in [0.1, 0.15) is 0 Å². The Hall–Kier alpha value is -2.49. The Labute approximate surface area is 99.0 Å². The average molecular weight is 224 g/mol. The molecule has 2 aromatic rings. The van der Waals surface area contributed by atoms with Crippen LogP contribution in [0.15, 0.2) is 64.8 Å². The van der Waals surface area contributed by atoms with Gasteiger partial charge in [-0.2, -0.15) is 10.2 Å². The fraction of sp³-hybridized carbons (Fsp3) is 0. The highest BCUT2D eigenvalue weighted by Gasteiger charge is 1.92. The summed E-state index contributed by atoms with van der Waals surface area (Å²) in [5.41, 5.74) is 2.21. The largest absolute Gasteiger partial charge is 0.318 e. The zero-order chi connectivity index (χ0) is 11.9. The summed E-state index contributed by atoms with van der Waals surface area (Å²) in [4.78, 5) is 10.1. The summed E-state index contributed by atoms with van der Waals surface area (Å²) in [6, 6.07) is 16.5. The van der Waals surface area contributed by atoms with Crippen LogP contribution < -0.4 is 5.32 Å². The standard InChI is InChI=1S/C13H10N3O/c17-10-14-11-6-8-13(9-7-11)16-15-12-4-2-1-3-5-12/h1-9H,(H,14,17). The first-order valence-corrected chi connectivity index (χ1v) is 5.08. The van der Waals surface area contributed by atoms with Gasteiger partial charge in [0.25, 0.3) is 0 Å². The predicted octanol–water partition coefficient (Wildman–Crippen LogP) is 3.58. The molecule has 2 aromatic carbocycles. The zero-order valence-electron chi connectivity index (χ0n) is 9.00. The van der Waals surface area contributed by atoms with E-state index in [0.29, 0.717) is 5.69 Å². The minimum absolute atomic E-state index is 0.679. The highest BCUT2D eigenvalue weighted by molar-refractivity contribution is 5.72. The van der Waals surface area contributed by atoms with Crippen molar-refractivity contribution in [1.82, 2.24) is 0 Å². The molecule has 0 saturated carbocycles. The molecule has 0 saturated heterocycles. The lowest BCUT2D eigenvalue weighted by Gasteiger charge is -1.97. The molecule has 0 fully saturated rings. The van der Waals surface area contributed by atoms with Crippen molar-refractivity contribution in [2.24, 2.45) is 10.2 Å². The number of hydrogen-bond donors (Lipinski definition) is 1. The van der Waals surface area contributed by atoms with Gasteiger partial charge in [-0.1, -0.05) is 18.2 Å². The minimum Gasteiger partial charge on any atom is -0.318 e. The maximum Gasteiger partial charge on any atom is 0.314 e. The monoisotopic (exact) mass is 224 g/mol. The molecule has 17 heavy (non-hydrogen) atoms. The molecule has 2 rings (SSSR count). The van der Waals surface area contributed by atoms with E-state index < -0.39 is 0 Å². The third-order valence-corrected chi connectivity index (χ3v) is 2.10. The second-order valence-electron chi connectivity index (χ2n) is 3.31. The van der Waals surface area contributed by atoms with Crippen molar-refractivity contribution < 1.29 is 4.79 Å². The number of nitrogens with one attached hydrogen (secondary N) is 1. The van der Waals surface area contributed by atoms with Crippen LogP contribution in [0.4, 0.5) is 17.1 Å². The molecule has 0 unspecified atom stereocenters. The molecule has 1 radical (unpaired) electrons. The van der Waals surface area contributed by atoms with Gasteiger partial charge >= 0.3 is 6.41 Å². The fourth-order valence-corrected chi connectivity index (χ4v) is 1.28. The molecule has 0 heterocycles. The van der Waals surface area contributed by atoms with E-state index in [1.54, 1.807) is 30.7 Å². The summed E-state index contributed by atoms with van der Waals surface area (Å²) >= 11 is 0. The van der Waals surface area contributed by atoms with Crippen LogP contribution in [0, 0.1) is 0 Å². The van der Waals surface area contributed by atoms with Crippen molar-refractivity contribution in [3.8, 4) is 0 Å². The molecule has 1 N–H and O–H groups in total. The number of hydrogen-bond acceptors (Lipinski definition) is 3. The molecule has 4 heteroatoms. The zero-order valence-corrected chi connectivity index (χ0v) is 9.00. The van der Waals surface area contributed by atoms with E-state index in [-0.39, 0.29) is 0 Å². The van der Waals surface area contributed by atoms with Gasteiger partial charge in [-0.3, -0.25) is 4.79 Å². The van der Waals surface area contributed by atoms with Crippen LogP contribution in [-0.2, 0) is 4.79 Å². The lowest BCUT2D eigenvalue weighted by atomic mass is 10.3. The van der Waals surface area contributed by atoms with E-state index in [2.05, 4.69) is 15.5 Å². The van der Waals surface area contributed by atoms with E-state index >= 15 is 0 Å². The average Bonchev–Trinajstić information content (AvgIpc) is 2.40. The third kappa shape index (κ3) is 3.24. The van der Waals surface area contributed by atoms with E-state index in [4.69, 9.17) is 0 Å². The summed E-state index contributed by atoms with van der Waals surface area (Å²) in [6.45, 7) is 0. The summed E-state index contributed by atoms with van der Waals surface area (Å²) in [5, 5.41) is 10.6. The molecule has 0 spiro atoms. The second kappa shape index (κ2) is 5.55. The van der Waals surface area contributed by atoms with Crippen LogP contribution in [0.25, 0.3) is 0 Å². The van der Waals surface area contributed by atoms with Crippen LogP contribution in [0.2, 0.25) is 0 Å². The molecule has 0 aliphatic rings. The van der Waals surface area contributed by atoms with Crippen molar-refractivity contribution in [2.75, 3.05) is 5.32 Å². The summed E-state index contributed by atoms with van der Waals surface area (Å²) in [7, 11) is 0. The van der Waals surface area contributed by atoms with Gasteiger partial charge in [0, 0.05) is 5.69 Å². The number of benzene rings is 2. The van der Waals surface area contributed by atoms with Gasteiger partial charge in [0.2, 0.25) is 0 Å². The molecular weight excluding hydrogens is 214 g/mol. The smallest absolute Gasteiger partial charge is 0.314 e. The number of azo groups is 1. The van der Waals surface area contributed by atoms with Gasteiger partial charge in [-0.25, -0.2) is 0 Å². The number of nitrogens with zero attached hydrogens (tertiary/aromatic N) is 2. The first-order valence-electron chi connectivity index (χ1n) is 5.08. The fourth-order valence-electron chi connectivity index (χ4n) is 1.28. The van der Waals surface area contributed by atoms with Gasteiger partial charge in [-0.15, -0.1) is 0 Å². The molecule has 1 amide bonds. The Morgan fingerprint density at radius 1 is 0.824 bits per heavy atom. The number of amides is 1. The van der Waals surface area contributed by atoms with Crippen molar-refractivity contribution in [3.05, 3.63) is 54.6 Å². The van der Waals surface area contributed by atoms with Crippen LogP contribution in [0.1, 0.15) is 0 Å². The first kappa shape index (κ1) is 11.0. The van der Waals surface area contributed by atoms with E-state index in [1.807, 2.05) is 30.3 Å². The SMILES string of the molecule is O=[C]Nc1ccc(N=Nc2ccccc2)cc1. The number of carbonyl (C=O) groups excluding carboxylic acids is 1. The van der Waals surface area contributed by atoms with E-state index in [0.717, 1.165) is 11.4 Å². The van der Waals surface area contributed by atoms with Gasteiger partial charge < -0.3 is 5.32 Å². The molecule has 83 valence electrons. The quantitative estimate of drug-likeness (QED) is 0.626. The molecule has 0 aliphatic carbocycles. The van der Waals surface area contributed by atoms with Gasteiger partial charge in [0.15, 0.2) is 0 Å². The first-order chi connectivity index (χ1) is 8.38. The summed E-state index contributed by atoms with van der Waals surface area (Å²) in [6.07, 6.45) is 1.61. The highest BCUT2D eigenvalue weighted by atomic mass is 16.1. The Bertz CT molecular complexity index is 506. The molecule has 0 bridgehead atoms. The Morgan fingerprint density at radius 3 is 2.00 bits per heavy atom. The van der Waals surface area contributed by atoms with Crippen LogP contribution in [0.3, 0.4) is 0 Å². The van der Waals surface area contributed by atoms with Gasteiger partial charge in [0.05, 0.1) is 11.4 Å². The molecule has 0 aromatic heterocycles. The van der Waals surface area contributed by atoms with Gasteiger partial charge in [-0.05, 0) is 36.4 Å². The lowest BCUT2D eigenvalue weighted by Crippen LogP contribution is -1.91. The second-order valence-corrected chi connectivity index (χ2v) is 3.31. The van der Waals surface area contributed by atoms with Crippen molar-refractivity contribution in [2.45, 2.75) is 0 Å². The normalized spacial score (nSPS) is 10.4. The van der Waals surface area contributed by atoms with E-state index in [9.17, 15) is 4.79 Å². The van der Waals surface area contributed by atoms with Crippen LogP contribution >= 0.6 is 0 Å². The van der Waals surface area contributed by atoms with Crippen molar-refractivity contribution in [3.63, 3.8) is 0 Å². The lowest BCUT2D eigenvalue weighted by molar-refractivity contribution is 0.561. The Balaban J connectivity index is 2.08. The van der Waals surface area contributed by atoms with E-state index in [1.165, 1.54) is 0 Å². The van der Waals surface area contributed by atoms with Crippen LogP contribution in [0.5, 0.6) is 0 Å². The highest BCUT2D eigenvalue weighted by Crippen LogP contribution is 2.19. The Kier molecular flexibility index (Phi) is 3.60. The minimum atomic E-state index is 0.679. The molecule has 0 aliphatic heterocycles. The maximum atomic E-state index is 10.1. The Morgan fingerprint density at radius 2 is 1.41 bits per heavy atom. The number of anilines is 1. The molecule has 0 atom stereocenters. The topological polar surface area (TPSA) is 53.8 Å². The number of rotatable bonds is 4. The molecule has 4 nitrogen and oxygen atoms in total. The van der Waals surface area contributed by atoms with Crippen molar-refractivity contribution >= 4 is 23.5 Å². The van der Waals surface area contributed by atoms with Crippen LogP contribution in [-0.4, -0.2) is 6.41 Å². The maximum absolute atomic E-state index is 10.1.